The summed E-state index contributed by atoms with van der Waals surface area (Å²) in [5, 5.41) is 16.6. The van der Waals surface area contributed by atoms with Gasteiger partial charge in [0, 0.05) is 11.8 Å². The first-order valence-corrected chi connectivity index (χ1v) is 2.53. The van der Waals surface area contributed by atoms with Gasteiger partial charge in [-0.3, -0.25) is 0 Å². The molecule has 0 spiro atoms. The van der Waals surface area contributed by atoms with E-state index in [9.17, 15) is 0 Å². The molecule has 0 amide bonds. The first kappa shape index (κ1) is 16.4. The minimum Gasteiger partial charge on any atom is -0.550 e. The summed E-state index contributed by atoms with van der Waals surface area (Å²) < 4.78 is 0. The fourth-order valence-corrected chi connectivity index (χ4v) is 0. The topological polar surface area (TPSA) is 60.4 Å². The van der Waals surface area contributed by atoms with Crippen molar-refractivity contribution in [1.29, 1.82) is 0 Å². The number of carbonyl (C=O) groups excluding carboxylic acids is 1. The average Bonchev–Trinajstić information content (AvgIpc) is 1.65. The van der Waals surface area contributed by atoms with Gasteiger partial charge in [-0.25, -0.2) is 0 Å². The van der Waals surface area contributed by atoms with E-state index >= 15 is 0 Å². The van der Waals surface area contributed by atoms with Crippen molar-refractivity contribution in [3.8, 4) is 0 Å². The molecule has 50 valence electrons. The molecule has 0 aromatic rings. The smallest absolute Gasteiger partial charge is 0.550 e. The number of alkyl halides is 1. The SMILES string of the molecule is CC(=O)[O-].OCCCl.[Na+]. The zero-order chi connectivity index (χ0) is 6.99. The van der Waals surface area contributed by atoms with Gasteiger partial charge in [-0.15, -0.1) is 11.6 Å². The van der Waals surface area contributed by atoms with Crippen LogP contribution in [0.25, 0.3) is 0 Å². The molecule has 1 N–H and O–H groups in total. The molecule has 0 saturated heterocycles. The Hall–Kier alpha value is 0.720. The monoisotopic (exact) mass is 162 g/mol. The second-order valence-electron chi connectivity index (χ2n) is 0.904. The molecule has 0 radical (unpaired) electrons. The van der Waals surface area contributed by atoms with Crippen LogP contribution in [-0.2, 0) is 4.79 Å². The van der Waals surface area contributed by atoms with Crippen LogP contribution in [0.1, 0.15) is 6.92 Å². The fraction of sp³-hybridized carbons (Fsp3) is 0.750. The summed E-state index contributed by atoms with van der Waals surface area (Å²) in [5.74, 6) is -0.736. The van der Waals surface area contributed by atoms with E-state index in [2.05, 4.69) is 0 Å². The Morgan fingerprint density at radius 1 is 1.78 bits per heavy atom. The molecule has 0 aliphatic carbocycles. The van der Waals surface area contributed by atoms with Crippen molar-refractivity contribution in [1.82, 2.24) is 0 Å². The van der Waals surface area contributed by atoms with Gasteiger partial charge in [-0.1, -0.05) is 0 Å². The molecule has 0 rings (SSSR count). The van der Waals surface area contributed by atoms with E-state index in [1.54, 1.807) is 0 Å². The first-order valence-electron chi connectivity index (χ1n) is 1.99. The van der Waals surface area contributed by atoms with Gasteiger partial charge in [0.1, 0.15) is 0 Å². The minimum absolute atomic E-state index is 0. The van der Waals surface area contributed by atoms with Crippen molar-refractivity contribution in [2.75, 3.05) is 12.5 Å². The molecular formula is C4H8ClNaO3. The van der Waals surface area contributed by atoms with Crippen molar-refractivity contribution >= 4 is 17.6 Å². The third-order valence-electron chi connectivity index (χ3n) is 0.0845. The van der Waals surface area contributed by atoms with Gasteiger partial charge < -0.3 is 15.0 Å². The number of halogens is 1. The number of aliphatic carboxylic acids is 1. The van der Waals surface area contributed by atoms with Crippen LogP contribution in [0.4, 0.5) is 0 Å². The van der Waals surface area contributed by atoms with E-state index in [1.807, 2.05) is 0 Å². The van der Waals surface area contributed by atoms with Crippen molar-refractivity contribution in [2.45, 2.75) is 6.92 Å². The number of carbonyl (C=O) groups is 1. The van der Waals surface area contributed by atoms with Gasteiger partial charge in [0.2, 0.25) is 0 Å². The molecule has 3 nitrogen and oxygen atoms in total. The van der Waals surface area contributed by atoms with Gasteiger partial charge in [0.25, 0.3) is 0 Å². The largest absolute Gasteiger partial charge is 1.00 e. The summed E-state index contributed by atoms with van der Waals surface area (Å²) in [7, 11) is 0. The Balaban J connectivity index is -0.0000000720. The third-order valence-corrected chi connectivity index (χ3v) is 0.254. The van der Waals surface area contributed by atoms with Crippen molar-refractivity contribution in [2.24, 2.45) is 0 Å². The molecule has 5 heteroatoms. The molecule has 0 aliphatic heterocycles. The van der Waals surface area contributed by atoms with Crippen LogP contribution < -0.4 is 34.7 Å². The Bertz CT molecular complexity index is 53.8. The number of aliphatic hydroxyl groups excluding tert-OH is 1. The zero-order valence-electron chi connectivity index (χ0n) is 5.56. The number of rotatable bonds is 1. The summed E-state index contributed by atoms with van der Waals surface area (Å²) in [6.07, 6.45) is 0. The first-order chi connectivity index (χ1) is 3.65. The number of carboxylic acids is 1. The number of carboxylic acid groups (broad SMARTS) is 1. The van der Waals surface area contributed by atoms with Crippen molar-refractivity contribution in [3.05, 3.63) is 0 Å². The van der Waals surface area contributed by atoms with E-state index < -0.39 is 5.97 Å². The van der Waals surface area contributed by atoms with Crippen LogP contribution in [0.5, 0.6) is 0 Å². The van der Waals surface area contributed by atoms with Gasteiger partial charge in [-0.05, 0) is 6.92 Å². The maximum absolute atomic E-state index is 8.89. The molecule has 0 heterocycles. The van der Waals surface area contributed by atoms with Gasteiger partial charge in [0.15, 0.2) is 0 Å². The van der Waals surface area contributed by atoms with Crippen LogP contribution >= 0.6 is 11.6 Å². The number of hydrogen-bond acceptors (Lipinski definition) is 3. The summed E-state index contributed by atoms with van der Waals surface area (Å²) >= 11 is 4.94. The van der Waals surface area contributed by atoms with E-state index in [0.717, 1.165) is 6.92 Å². The van der Waals surface area contributed by atoms with Crippen LogP contribution in [0.15, 0.2) is 0 Å². The maximum Gasteiger partial charge on any atom is 1.00 e. The normalized spacial score (nSPS) is 6.11. The Morgan fingerprint density at radius 3 is 1.89 bits per heavy atom. The molecule has 0 aromatic heterocycles. The number of aliphatic hydroxyl groups is 1. The molecule has 0 saturated carbocycles. The van der Waals surface area contributed by atoms with Gasteiger partial charge >= 0.3 is 29.6 Å². The molecular weight excluding hydrogens is 154 g/mol. The van der Waals surface area contributed by atoms with E-state index in [4.69, 9.17) is 26.6 Å². The van der Waals surface area contributed by atoms with E-state index in [-0.39, 0.29) is 36.2 Å². The third kappa shape index (κ3) is 133. The van der Waals surface area contributed by atoms with Gasteiger partial charge in [-0.2, -0.15) is 0 Å². The second-order valence-corrected chi connectivity index (χ2v) is 1.28. The molecule has 0 atom stereocenters. The summed E-state index contributed by atoms with van der Waals surface area (Å²) in [6.45, 7) is 1.06. The summed E-state index contributed by atoms with van der Waals surface area (Å²) in [6, 6.07) is 0. The number of hydrogen-bond donors (Lipinski definition) is 1. The van der Waals surface area contributed by atoms with E-state index in [0.29, 0.717) is 5.88 Å². The molecule has 0 fully saturated rings. The summed E-state index contributed by atoms with van der Waals surface area (Å²) in [5.41, 5.74) is 0. The molecule has 0 aliphatic rings. The van der Waals surface area contributed by atoms with Gasteiger partial charge in [0.05, 0.1) is 6.61 Å². The molecule has 0 unspecified atom stereocenters. The standard InChI is InChI=1S/C2H5ClO.C2H4O2.Na/c3-1-2-4;1-2(3)4;/h4H,1-2H2;1H3,(H,3,4);/q;;+1/p-1. The van der Waals surface area contributed by atoms with E-state index in [1.165, 1.54) is 0 Å². The zero-order valence-corrected chi connectivity index (χ0v) is 8.31. The van der Waals surface area contributed by atoms with Crippen LogP contribution in [-0.4, -0.2) is 23.6 Å². The maximum atomic E-state index is 8.89. The second kappa shape index (κ2) is 15.9. The average molecular weight is 163 g/mol. The fourth-order valence-electron chi connectivity index (χ4n) is 0. The predicted molar refractivity (Wildman–Crippen MR) is 28.5 cm³/mol. The Morgan fingerprint density at radius 2 is 1.89 bits per heavy atom. The quantitative estimate of drug-likeness (QED) is 0.316. The molecule has 0 bridgehead atoms. The van der Waals surface area contributed by atoms with Crippen LogP contribution in [0, 0.1) is 0 Å². The predicted octanol–water partition coefficient (Wildman–Crippen LogP) is -4.02. The Kier molecular flexibility index (Phi) is 28.9. The Labute approximate surface area is 81.3 Å². The summed E-state index contributed by atoms with van der Waals surface area (Å²) in [4.78, 5) is 8.89. The molecule has 0 aromatic carbocycles. The van der Waals surface area contributed by atoms with Crippen molar-refractivity contribution < 1.29 is 44.6 Å². The van der Waals surface area contributed by atoms with Crippen LogP contribution in [0.3, 0.4) is 0 Å². The minimum atomic E-state index is -1.08. The van der Waals surface area contributed by atoms with Crippen LogP contribution in [0.2, 0.25) is 0 Å². The van der Waals surface area contributed by atoms with Crippen molar-refractivity contribution in [3.63, 3.8) is 0 Å². The molecule has 9 heavy (non-hydrogen) atoms.